The number of hydrogen-bond donors (Lipinski definition) is 1. The highest BCUT2D eigenvalue weighted by Crippen LogP contribution is 2.58. The van der Waals surface area contributed by atoms with Crippen molar-refractivity contribution in [2.75, 3.05) is 11.9 Å². The van der Waals surface area contributed by atoms with Gasteiger partial charge in [0.1, 0.15) is 11.8 Å². The summed E-state index contributed by atoms with van der Waals surface area (Å²) in [5.41, 5.74) is 1.87. The number of amides is 2. The highest BCUT2D eigenvalue weighted by Gasteiger charge is 2.59. The molecule has 8 heteroatoms. The zero-order chi connectivity index (χ0) is 20.8. The fourth-order valence-corrected chi connectivity index (χ4v) is 4.40. The number of carbonyl (C=O) groups is 2. The minimum Gasteiger partial charge on any atom is -0.437 e. The van der Waals surface area contributed by atoms with E-state index in [0.29, 0.717) is 18.0 Å². The third-order valence-corrected chi connectivity index (χ3v) is 6.02. The average Bonchev–Trinajstić information content (AvgIpc) is 3.21. The van der Waals surface area contributed by atoms with Gasteiger partial charge in [0.2, 0.25) is 0 Å². The molecule has 2 amide bonds. The SMILES string of the molecule is CC1C2c3nccnc3N(C)C(=O)[C@@H](NC(=O)c3ncc(Cc4ccccc4)o3)C12. The van der Waals surface area contributed by atoms with Crippen LogP contribution in [0.2, 0.25) is 0 Å². The number of carbonyl (C=O) groups excluding carboxylic acids is 2. The van der Waals surface area contributed by atoms with E-state index >= 15 is 0 Å². The normalized spacial score (nSPS) is 24.6. The van der Waals surface area contributed by atoms with Crippen LogP contribution >= 0.6 is 0 Å². The Bertz CT molecular complexity index is 1110. The first-order chi connectivity index (χ1) is 14.5. The Morgan fingerprint density at radius 1 is 1.17 bits per heavy atom. The number of anilines is 1. The number of aromatic nitrogens is 3. The van der Waals surface area contributed by atoms with Gasteiger partial charge in [0, 0.05) is 37.7 Å². The second kappa shape index (κ2) is 7.05. The van der Waals surface area contributed by atoms with Gasteiger partial charge < -0.3 is 9.73 Å². The lowest BCUT2D eigenvalue weighted by atomic mass is 10.1. The number of fused-ring (bicyclic) bond motifs is 3. The lowest BCUT2D eigenvalue weighted by Crippen LogP contribution is -2.49. The van der Waals surface area contributed by atoms with Crippen molar-refractivity contribution >= 4 is 17.6 Å². The number of benzene rings is 1. The molecule has 0 saturated heterocycles. The highest BCUT2D eigenvalue weighted by atomic mass is 16.4. The van der Waals surface area contributed by atoms with Crippen LogP contribution in [-0.4, -0.2) is 39.9 Å². The maximum atomic E-state index is 13.1. The van der Waals surface area contributed by atoms with Gasteiger partial charge in [-0.1, -0.05) is 37.3 Å². The smallest absolute Gasteiger partial charge is 0.307 e. The summed E-state index contributed by atoms with van der Waals surface area (Å²) >= 11 is 0. The van der Waals surface area contributed by atoms with E-state index in [1.165, 1.54) is 4.90 Å². The lowest BCUT2D eigenvalue weighted by Gasteiger charge is -2.22. The standard InChI is InChI=1S/C22H21N5O3/c1-12-15-16(12)18(22(29)27(2)19-17(15)23-8-9-24-19)26-20(28)21-25-11-14(30-21)10-13-6-4-3-5-7-13/h3-9,11-12,15-16,18H,10H2,1-2H3,(H,26,28)/t12?,15?,16?,18-/m0/s1. The van der Waals surface area contributed by atoms with Crippen molar-refractivity contribution < 1.29 is 14.0 Å². The molecule has 5 rings (SSSR count). The van der Waals surface area contributed by atoms with E-state index < -0.39 is 11.9 Å². The zero-order valence-corrected chi connectivity index (χ0v) is 16.6. The van der Waals surface area contributed by atoms with Gasteiger partial charge >= 0.3 is 5.91 Å². The predicted octanol–water partition coefficient (Wildman–Crippen LogP) is 2.18. The summed E-state index contributed by atoms with van der Waals surface area (Å²) in [4.78, 5) is 40.3. The summed E-state index contributed by atoms with van der Waals surface area (Å²) in [6, 6.07) is 9.12. The van der Waals surface area contributed by atoms with E-state index in [2.05, 4.69) is 27.2 Å². The number of rotatable bonds is 4. The van der Waals surface area contributed by atoms with Crippen LogP contribution in [0.3, 0.4) is 0 Å². The van der Waals surface area contributed by atoms with Crippen LogP contribution < -0.4 is 10.2 Å². The van der Waals surface area contributed by atoms with Crippen LogP contribution in [-0.2, 0) is 11.2 Å². The topological polar surface area (TPSA) is 101 Å². The Hall–Kier alpha value is -3.55. The number of likely N-dealkylation sites (N-methyl/N-ethyl adjacent to an activating group) is 1. The number of oxazole rings is 1. The van der Waals surface area contributed by atoms with E-state index in [-0.39, 0.29) is 29.6 Å². The number of hydrogen-bond acceptors (Lipinski definition) is 6. The zero-order valence-electron chi connectivity index (χ0n) is 16.6. The Morgan fingerprint density at radius 3 is 2.73 bits per heavy atom. The molecule has 1 aliphatic heterocycles. The molecule has 1 N–H and O–H groups in total. The van der Waals surface area contributed by atoms with Gasteiger partial charge in [0.25, 0.3) is 11.8 Å². The molecule has 1 fully saturated rings. The van der Waals surface area contributed by atoms with Gasteiger partial charge in [0.15, 0.2) is 5.82 Å². The van der Waals surface area contributed by atoms with Gasteiger partial charge in [-0.2, -0.15) is 0 Å². The summed E-state index contributed by atoms with van der Waals surface area (Å²) < 4.78 is 5.65. The lowest BCUT2D eigenvalue weighted by molar-refractivity contribution is -0.120. The molecule has 3 aromatic rings. The molecule has 2 aliphatic rings. The minimum atomic E-state index is -0.678. The summed E-state index contributed by atoms with van der Waals surface area (Å²) in [6.07, 6.45) is 5.31. The molecule has 3 unspecified atom stereocenters. The van der Waals surface area contributed by atoms with E-state index in [9.17, 15) is 9.59 Å². The van der Waals surface area contributed by atoms with Crippen molar-refractivity contribution in [3.05, 3.63) is 71.8 Å². The second-order valence-corrected chi connectivity index (χ2v) is 7.87. The largest absolute Gasteiger partial charge is 0.437 e. The Kier molecular flexibility index (Phi) is 4.34. The van der Waals surface area contributed by atoms with Crippen molar-refractivity contribution in [3.63, 3.8) is 0 Å². The van der Waals surface area contributed by atoms with Gasteiger partial charge in [-0.15, -0.1) is 0 Å². The van der Waals surface area contributed by atoms with Crippen LogP contribution in [0.25, 0.3) is 0 Å². The van der Waals surface area contributed by atoms with E-state index in [1.807, 2.05) is 30.3 Å². The van der Waals surface area contributed by atoms with Crippen molar-refractivity contribution in [3.8, 4) is 0 Å². The molecular weight excluding hydrogens is 382 g/mol. The first kappa shape index (κ1) is 18.5. The minimum absolute atomic E-state index is 0.0272. The summed E-state index contributed by atoms with van der Waals surface area (Å²) in [7, 11) is 1.66. The first-order valence-electron chi connectivity index (χ1n) is 9.92. The molecule has 8 nitrogen and oxygen atoms in total. The molecule has 2 aromatic heterocycles. The van der Waals surface area contributed by atoms with Crippen LogP contribution in [0, 0.1) is 11.8 Å². The quantitative estimate of drug-likeness (QED) is 0.717. The maximum Gasteiger partial charge on any atom is 0.307 e. The first-order valence-corrected chi connectivity index (χ1v) is 9.92. The third-order valence-electron chi connectivity index (χ3n) is 6.02. The van der Waals surface area contributed by atoms with E-state index in [4.69, 9.17) is 4.42 Å². The van der Waals surface area contributed by atoms with Crippen molar-refractivity contribution in [1.82, 2.24) is 20.3 Å². The van der Waals surface area contributed by atoms with Crippen LogP contribution in [0.1, 0.15) is 40.5 Å². The molecule has 152 valence electrons. The molecule has 1 aliphatic carbocycles. The van der Waals surface area contributed by atoms with Crippen LogP contribution in [0.4, 0.5) is 5.82 Å². The Balaban J connectivity index is 1.35. The Morgan fingerprint density at radius 2 is 1.93 bits per heavy atom. The fraction of sp³-hybridized carbons (Fsp3) is 0.318. The second-order valence-electron chi connectivity index (χ2n) is 7.87. The van der Waals surface area contributed by atoms with Gasteiger partial charge in [-0.3, -0.25) is 19.5 Å². The summed E-state index contributed by atoms with van der Waals surface area (Å²) in [5.74, 6) is 0.686. The maximum absolute atomic E-state index is 13.1. The van der Waals surface area contributed by atoms with E-state index in [1.54, 1.807) is 25.6 Å². The fourth-order valence-electron chi connectivity index (χ4n) is 4.40. The summed E-state index contributed by atoms with van der Waals surface area (Å²) in [6.45, 7) is 2.06. The third kappa shape index (κ3) is 3.04. The van der Waals surface area contributed by atoms with Crippen molar-refractivity contribution in [1.29, 1.82) is 0 Å². The van der Waals surface area contributed by atoms with E-state index in [0.717, 1.165) is 11.3 Å². The highest BCUT2D eigenvalue weighted by molar-refractivity contribution is 6.02. The van der Waals surface area contributed by atoms with Gasteiger partial charge in [-0.25, -0.2) is 9.97 Å². The van der Waals surface area contributed by atoms with Crippen LogP contribution in [0.5, 0.6) is 0 Å². The molecule has 30 heavy (non-hydrogen) atoms. The van der Waals surface area contributed by atoms with Crippen molar-refractivity contribution in [2.24, 2.45) is 11.8 Å². The molecule has 1 saturated carbocycles. The van der Waals surface area contributed by atoms with Crippen LogP contribution in [0.15, 0.2) is 53.3 Å². The van der Waals surface area contributed by atoms with Gasteiger partial charge in [-0.05, 0) is 11.5 Å². The Labute approximate surface area is 173 Å². The average molecular weight is 403 g/mol. The predicted molar refractivity (Wildman–Crippen MR) is 108 cm³/mol. The van der Waals surface area contributed by atoms with Crippen molar-refractivity contribution in [2.45, 2.75) is 25.3 Å². The van der Waals surface area contributed by atoms with Gasteiger partial charge in [0.05, 0.1) is 11.9 Å². The molecule has 3 heterocycles. The summed E-state index contributed by atoms with van der Waals surface area (Å²) in [5, 5.41) is 2.85. The molecule has 0 radical (unpaired) electrons. The number of nitrogens with zero attached hydrogens (tertiary/aromatic N) is 4. The molecular formula is C22H21N5O3. The molecule has 0 spiro atoms. The number of nitrogens with one attached hydrogen (secondary N) is 1. The molecule has 4 atom stereocenters. The molecule has 1 aromatic carbocycles. The monoisotopic (exact) mass is 403 g/mol. The molecule has 0 bridgehead atoms.